The van der Waals surface area contributed by atoms with Crippen molar-refractivity contribution in [2.45, 2.75) is 57.1 Å². The van der Waals surface area contributed by atoms with E-state index in [4.69, 9.17) is 11.6 Å². The van der Waals surface area contributed by atoms with Gasteiger partial charge in [0.1, 0.15) is 12.6 Å². The molecule has 4 aromatic carbocycles. The zero-order valence-corrected chi connectivity index (χ0v) is 27.0. The van der Waals surface area contributed by atoms with Gasteiger partial charge in [-0.05, 0) is 75.2 Å². The Morgan fingerprint density at radius 1 is 0.818 bits per heavy atom. The molecule has 44 heavy (non-hydrogen) atoms. The second kappa shape index (κ2) is 14.1. The van der Waals surface area contributed by atoms with Crippen LogP contribution in [0.15, 0.2) is 114 Å². The molecule has 0 aliphatic rings. The minimum Gasteiger partial charge on any atom is -0.350 e. The molecule has 1 unspecified atom stereocenters. The molecule has 4 aromatic rings. The fourth-order valence-corrected chi connectivity index (χ4v) is 6.43. The third kappa shape index (κ3) is 8.71. The van der Waals surface area contributed by atoms with Gasteiger partial charge in [-0.15, -0.1) is 0 Å². The van der Waals surface area contributed by atoms with Crippen LogP contribution in [-0.2, 0) is 32.6 Å². The Bertz CT molecular complexity index is 1670. The van der Waals surface area contributed by atoms with Crippen molar-refractivity contribution in [2.24, 2.45) is 0 Å². The molecule has 4 rings (SSSR count). The summed E-state index contributed by atoms with van der Waals surface area (Å²) in [5.74, 6) is -0.850. The van der Waals surface area contributed by atoms with E-state index in [0.29, 0.717) is 5.02 Å². The van der Waals surface area contributed by atoms with Crippen LogP contribution >= 0.6 is 11.6 Å². The summed E-state index contributed by atoms with van der Waals surface area (Å²) in [6, 6.07) is 30.5. The highest BCUT2D eigenvalue weighted by atomic mass is 35.5. The van der Waals surface area contributed by atoms with Crippen LogP contribution in [-0.4, -0.2) is 43.3 Å². The van der Waals surface area contributed by atoms with E-state index in [1.165, 1.54) is 17.0 Å². The van der Waals surface area contributed by atoms with Crippen LogP contribution in [0.5, 0.6) is 0 Å². The van der Waals surface area contributed by atoms with Gasteiger partial charge in [0.2, 0.25) is 11.8 Å². The summed E-state index contributed by atoms with van der Waals surface area (Å²) < 4.78 is 29.1. The first kappa shape index (κ1) is 32.8. The van der Waals surface area contributed by atoms with Crippen molar-refractivity contribution < 1.29 is 18.0 Å². The number of nitrogens with zero attached hydrogens (tertiary/aromatic N) is 2. The first-order valence-electron chi connectivity index (χ1n) is 14.4. The highest BCUT2D eigenvalue weighted by Gasteiger charge is 2.35. The highest BCUT2D eigenvalue weighted by molar-refractivity contribution is 7.92. The van der Waals surface area contributed by atoms with Crippen LogP contribution in [0.2, 0.25) is 5.02 Å². The summed E-state index contributed by atoms with van der Waals surface area (Å²) in [6.45, 7) is 7.18. The lowest BCUT2D eigenvalue weighted by Crippen LogP contribution is -2.56. The van der Waals surface area contributed by atoms with Gasteiger partial charge in [-0.3, -0.25) is 13.9 Å². The number of sulfonamides is 1. The number of carbonyl (C=O) groups is 2. The van der Waals surface area contributed by atoms with Crippen LogP contribution < -0.4 is 9.62 Å². The zero-order valence-electron chi connectivity index (χ0n) is 25.4. The Kier molecular flexibility index (Phi) is 10.5. The van der Waals surface area contributed by atoms with Crippen LogP contribution in [0.1, 0.15) is 37.5 Å². The molecule has 0 aliphatic heterocycles. The van der Waals surface area contributed by atoms with E-state index in [1.54, 1.807) is 42.5 Å². The maximum atomic E-state index is 14.5. The van der Waals surface area contributed by atoms with Crippen LogP contribution in [0, 0.1) is 6.92 Å². The summed E-state index contributed by atoms with van der Waals surface area (Å²) >= 11 is 6.13. The second-order valence-electron chi connectivity index (χ2n) is 11.8. The standard InChI is InChI=1S/C35H38ClN3O4S/c1-26-12-11-15-28(22-26)24-38(32(34(41)37-35(2,3)4)23-27-13-7-5-8-14-27)33(40)25-39(30-20-18-29(36)19-21-30)44(42,43)31-16-9-6-10-17-31/h5-22,32H,23-25H2,1-4H3,(H,37,41). The SMILES string of the molecule is Cc1cccc(CN(C(=O)CN(c2ccc(Cl)cc2)S(=O)(=O)c2ccccc2)C(Cc2ccccc2)C(=O)NC(C)(C)C)c1. The maximum Gasteiger partial charge on any atom is 0.264 e. The molecule has 0 saturated heterocycles. The summed E-state index contributed by atoms with van der Waals surface area (Å²) in [6.07, 6.45) is 0.243. The number of amides is 2. The van der Waals surface area contributed by atoms with Crippen molar-refractivity contribution in [3.05, 3.63) is 131 Å². The molecule has 1 atom stereocenters. The molecule has 0 fully saturated rings. The molecule has 0 aromatic heterocycles. The van der Waals surface area contributed by atoms with E-state index in [0.717, 1.165) is 21.0 Å². The van der Waals surface area contributed by atoms with Crippen molar-refractivity contribution in [3.63, 3.8) is 0 Å². The van der Waals surface area contributed by atoms with Crippen LogP contribution in [0.4, 0.5) is 5.69 Å². The molecule has 0 spiro atoms. The summed E-state index contributed by atoms with van der Waals surface area (Å²) in [4.78, 5) is 29.9. The minimum atomic E-state index is -4.17. The first-order valence-corrected chi connectivity index (χ1v) is 16.2. The summed E-state index contributed by atoms with van der Waals surface area (Å²) in [5.41, 5.74) is 2.42. The fraction of sp³-hybridized carbons (Fsp3) is 0.257. The van der Waals surface area contributed by atoms with Gasteiger partial charge in [0.15, 0.2) is 0 Å². The Labute approximate surface area is 265 Å². The average molecular weight is 632 g/mol. The number of rotatable bonds is 11. The second-order valence-corrected chi connectivity index (χ2v) is 14.1. The average Bonchev–Trinajstić information content (AvgIpc) is 2.98. The number of benzene rings is 4. The molecule has 2 amide bonds. The number of nitrogens with one attached hydrogen (secondary N) is 1. The predicted octanol–water partition coefficient (Wildman–Crippen LogP) is 6.40. The molecule has 0 saturated carbocycles. The number of aryl methyl sites for hydroxylation is 1. The molecule has 0 bridgehead atoms. The maximum absolute atomic E-state index is 14.5. The lowest BCUT2D eigenvalue weighted by Gasteiger charge is -2.35. The molecule has 0 aliphatic carbocycles. The van der Waals surface area contributed by atoms with Crippen molar-refractivity contribution in [1.29, 1.82) is 0 Å². The van der Waals surface area contributed by atoms with Gasteiger partial charge < -0.3 is 10.2 Å². The lowest BCUT2D eigenvalue weighted by atomic mass is 10.0. The first-order chi connectivity index (χ1) is 20.8. The number of hydrogen-bond acceptors (Lipinski definition) is 4. The van der Waals surface area contributed by atoms with Gasteiger partial charge in [-0.1, -0.05) is 90.0 Å². The van der Waals surface area contributed by atoms with Gasteiger partial charge in [0, 0.05) is 23.5 Å². The van der Waals surface area contributed by atoms with E-state index < -0.39 is 34.1 Å². The van der Waals surface area contributed by atoms with Gasteiger partial charge in [0.05, 0.1) is 10.6 Å². The summed E-state index contributed by atoms with van der Waals surface area (Å²) in [7, 11) is -4.17. The Morgan fingerprint density at radius 2 is 1.41 bits per heavy atom. The molecule has 1 N–H and O–H groups in total. The number of anilines is 1. The summed E-state index contributed by atoms with van der Waals surface area (Å²) in [5, 5.41) is 3.47. The van der Waals surface area contributed by atoms with Crippen molar-refractivity contribution in [2.75, 3.05) is 10.8 Å². The van der Waals surface area contributed by atoms with Crippen LogP contribution in [0.25, 0.3) is 0 Å². The molecule has 9 heteroatoms. The number of hydrogen-bond donors (Lipinski definition) is 1. The van der Waals surface area contributed by atoms with E-state index >= 15 is 0 Å². The van der Waals surface area contributed by atoms with Gasteiger partial charge >= 0.3 is 0 Å². The topological polar surface area (TPSA) is 86.8 Å². The van der Waals surface area contributed by atoms with Crippen molar-refractivity contribution in [1.82, 2.24) is 10.2 Å². The Balaban J connectivity index is 1.81. The molecule has 0 heterocycles. The molecular weight excluding hydrogens is 594 g/mol. The fourth-order valence-electron chi connectivity index (χ4n) is 4.87. The van der Waals surface area contributed by atoms with E-state index in [2.05, 4.69) is 5.32 Å². The van der Waals surface area contributed by atoms with Crippen molar-refractivity contribution >= 4 is 39.1 Å². The third-order valence-corrected chi connectivity index (χ3v) is 8.97. The van der Waals surface area contributed by atoms with Gasteiger partial charge in [0.25, 0.3) is 10.0 Å². The van der Waals surface area contributed by atoms with Gasteiger partial charge in [-0.25, -0.2) is 8.42 Å². The normalized spacial score (nSPS) is 12.3. The Morgan fingerprint density at radius 3 is 2.00 bits per heavy atom. The molecular formula is C35H38ClN3O4S. The van der Waals surface area contributed by atoms with Crippen LogP contribution in [0.3, 0.4) is 0 Å². The third-order valence-electron chi connectivity index (χ3n) is 6.93. The predicted molar refractivity (Wildman–Crippen MR) is 176 cm³/mol. The largest absolute Gasteiger partial charge is 0.350 e. The monoisotopic (exact) mass is 631 g/mol. The molecule has 7 nitrogen and oxygen atoms in total. The lowest BCUT2D eigenvalue weighted by molar-refractivity contribution is -0.140. The molecule has 230 valence electrons. The van der Waals surface area contributed by atoms with E-state index in [9.17, 15) is 18.0 Å². The molecule has 0 radical (unpaired) electrons. The quantitative estimate of drug-likeness (QED) is 0.208. The number of halogens is 1. The Hall–Kier alpha value is -4.14. The highest BCUT2D eigenvalue weighted by Crippen LogP contribution is 2.26. The minimum absolute atomic E-state index is 0.0410. The van der Waals surface area contributed by atoms with E-state index in [-0.39, 0.29) is 29.5 Å². The van der Waals surface area contributed by atoms with E-state index in [1.807, 2.05) is 82.3 Å². The van der Waals surface area contributed by atoms with Gasteiger partial charge in [-0.2, -0.15) is 0 Å². The smallest absolute Gasteiger partial charge is 0.264 e. The number of carbonyl (C=O) groups excluding carboxylic acids is 2. The van der Waals surface area contributed by atoms with Crippen molar-refractivity contribution in [3.8, 4) is 0 Å². The zero-order chi connectivity index (χ0) is 31.9.